The molecule has 88 valence electrons. The molecule has 0 unspecified atom stereocenters. The molecular weight excluding hydrogens is 238 g/mol. The summed E-state index contributed by atoms with van der Waals surface area (Å²) in [7, 11) is 3.38. The van der Waals surface area contributed by atoms with E-state index in [0.29, 0.717) is 10.7 Å². The summed E-state index contributed by atoms with van der Waals surface area (Å²) in [6.07, 6.45) is 0. The molecule has 0 radical (unpaired) electrons. The third-order valence-electron chi connectivity index (χ3n) is 2.48. The molecule has 0 aliphatic carbocycles. The summed E-state index contributed by atoms with van der Waals surface area (Å²) in [6.45, 7) is 0. The number of rotatable bonds is 2. The van der Waals surface area contributed by atoms with Gasteiger partial charge in [-0.15, -0.1) is 0 Å². The molecule has 1 N–H and O–H groups in total. The number of aromatic nitrogens is 2. The Balaban J connectivity index is 2.42. The quantitative estimate of drug-likeness (QED) is 0.886. The molecule has 0 fully saturated rings. The van der Waals surface area contributed by atoms with Crippen molar-refractivity contribution < 1.29 is 4.79 Å². The summed E-state index contributed by atoms with van der Waals surface area (Å²) >= 11 is 5.83. The van der Waals surface area contributed by atoms with E-state index in [9.17, 15) is 4.79 Å². The molecule has 1 aromatic heterocycles. The molecule has 1 aromatic carbocycles. The predicted octanol–water partition coefficient (Wildman–Crippen LogP) is 2.10. The van der Waals surface area contributed by atoms with Crippen LogP contribution >= 0.6 is 11.6 Å². The van der Waals surface area contributed by atoms with Gasteiger partial charge in [-0.3, -0.25) is 9.48 Å². The lowest BCUT2D eigenvalue weighted by Gasteiger charge is -2.00. The minimum Gasteiger partial charge on any atom is -0.354 e. The van der Waals surface area contributed by atoms with Crippen molar-refractivity contribution in [3.8, 4) is 11.3 Å². The van der Waals surface area contributed by atoms with Crippen LogP contribution in [0.5, 0.6) is 0 Å². The van der Waals surface area contributed by atoms with Crippen LogP contribution in [0.4, 0.5) is 0 Å². The Kier molecular flexibility index (Phi) is 3.15. The van der Waals surface area contributed by atoms with E-state index in [4.69, 9.17) is 11.6 Å². The van der Waals surface area contributed by atoms with E-state index in [1.807, 2.05) is 24.3 Å². The molecule has 2 aromatic rings. The van der Waals surface area contributed by atoms with Crippen molar-refractivity contribution in [3.63, 3.8) is 0 Å². The highest BCUT2D eigenvalue weighted by Gasteiger charge is 2.12. The topological polar surface area (TPSA) is 46.9 Å². The Hall–Kier alpha value is -1.81. The van der Waals surface area contributed by atoms with Crippen molar-refractivity contribution >= 4 is 17.5 Å². The predicted molar refractivity (Wildman–Crippen MR) is 67.0 cm³/mol. The SMILES string of the molecule is CNC(=O)c1cc(-c2ccc(Cl)cc2)n(C)n1. The van der Waals surface area contributed by atoms with E-state index in [2.05, 4.69) is 10.4 Å². The maximum atomic E-state index is 11.5. The highest BCUT2D eigenvalue weighted by molar-refractivity contribution is 6.30. The van der Waals surface area contributed by atoms with Gasteiger partial charge in [-0.05, 0) is 23.8 Å². The number of carbonyl (C=O) groups excluding carboxylic acids is 1. The lowest BCUT2D eigenvalue weighted by Crippen LogP contribution is -2.18. The molecule has 17 heavy (non-hydrogen) atoms. The highest BCUT2D eigenvalue weighted by Crippen LogP contribution is 2.21. The number of nitrogens with one attached hydrogen (secondary N) is 1. The van der Waals surface area contributed by atoms with Gasteiger partial charge in [-0.2, -0.15) is 5.10 Å². The lowest BCUT2D eigenvalue weighted by atomic mass is 10.1. The van der Waals surface area contributed by atoms with E-state index in [1.54, 1.807) is 24.8 Å². The average Bonchev–Trinajstić information content (AvgIpc) is 2.71. The number of nitrogens with zero attached hydrogens (tertiary/aromatic N) is 2. The Labute approximate surface area is 104 Å². The molecule has 0 atom stereocenters. The second-order valence-electron chi connectivity index (χ2n) is 3.62. The lowest BCUT2D eigenvalue weighted by molar-refractivity contribution is 0.0957. The van der Waals surface area contributed by atoms with Crippen LogP contribution in [0.3, 0.4) is 0 Å². The van der Waals surface area contributed by atoms with Crippen LogP contribution in [0.25, 0.3) is 11.3 Å². The largest absolute Gasteiger partial charge is 0.354 e. The number of carbonyl (C=O) groups is 1. The highest BCUT2D eigenvalue weighted by atomic mass is 35.5. The molecule has 0 spiro atoms. The van der Waals surface area contributed by atoms with Crippen LogP contribution in [-0.2, 0) is 7.05 Å². The van der Waals surface area contributed by atoms with Gasteiger partial charge < -0.3 is 5.32 Å². The molecule has 0 saturated carbocycles. The van der Waals surface area contributed by atoms with Gasteiger partial charge in [0.1, 0.15) is 0 Å². The first-order valence-corrected chi connectivity index (χ1v) is 5.51. The van der Waals surface area contributed by atoms with E-state index < -0.39 is 0 Å². The summed E-state index contributed by atoms with van der Waals surface area (Å²) in [5, 5.41) is 7.38. The van der Waals surface area contributed by atoms with E-state index in [-0.39, 0.29) is 5.91 Å². The van der Waals surface area contributed by atoms with Crippen LogP contribution in [0.2, 0.25) is 5.02 Å². The minimum atomic E-state index is -0.194. The molecule has 4 nitrogen and oxygen atoms in total. The Bertz CT molecular complexity index is 545. The number of aryl methyl sites for hydroxylation is 1. The minimum absolute atomic E-state index is 0.194. The zero-order valence-corrected chi connectivity index (χ0v) is 10.3. The van der Waals surface area contributed by atoms with Gasteiger partial charge in [-0.1, -0.05) is 23.7 Å². The fraction of sp³-hybridized carbons (Fsp3) is 0.167. The Morgan fingerprint density at radius 1 is 1.35 bits per heavy atom. The van der Waals surface area contributed by atoms with Crippen molar-refractivity contribution in [1.82, 2.24) is 15.1 Å². The van der Waals surface area contributed by atoms with Gasteiger partial charge in [-0.25, -0.2) is 0 Å². The van der Waals surface area contributed by atoms with Gasteiger partial charge in [0.2, 0.25) is 0 Å². The standard InChI is InChI=1S/C12H12ClN3O/c1-14-12(17)10-7-11(16(2)15-10)8-3-5-9(13)6-4-8/h3-7H,1-2H3,(H,14,17). The first-order chi connectivity index (χ1) is 8.11. The summed E-state index contributed by atoms with van der Waals surface area (Å²) in [4.78, 5) is 11.5. The number of halogens is 1. The molecule has 0 aliphatic heterocycles. The van der Waals surface area contributed by atoms with Gasteiger partial charge >= 0.3 is 0 Å². The van der Waals surface area contributed by atoms with Crippen LogP contribution < -0.4 is 5.32 Å². The third-order valence-corrected chi connectivity index (χ3v) is 2.73. The smallest absolute Gasteiger partial charge is 0.271 e. The zero-order chi connectivity index (χ0) is 12.4. The average molecular weight is 250 g/mol. The summed E-state index contributed by atoms with van der Waals surface area (Å²) in [5.74, 6) is -0.194. The van der Waals surface area contributed by atoms with Crippen molar-refractivity contribution in [2.24, 2.45) is 7.05 Å². The van der Waals surface area contributed by atoms with E-state index in [1.165, 1.54) is 0 Å². The second-order valence-corrected chi connectivity index (χ2v) is 4.06. The molecule has 2 rings (SSSR count). The first-order valence-electron chi connectivity index (χ1n) is 5.14. The van der Waals surface area contributed by atoms with E-state index >= 15 is 0 Å². The maximum absolute atomic E-state index is 11.5. The fourth-order valence-corrected chi connectivity index (χ4v) is 1.72. The van der Waals surface area contributed by atoms with Gasteiger partial charge in [0, 0.05) is 19.1 Å². The normalized spacial score (nSPS) is 10.3. The van der Waals surface area contributed by atoms with Crippen molar-refractivity contribution in [2.75, 3.05) is 7.05 Å². The van der Waals surface area contributed by atoms with Gasteiger partial charge in [0.05, 0.1) is 5.69 Å². The number of hydrogen-bond acceptors (Lipinski definition) is 2. The Morgan fingerprint density at radius 2 is 2.00 bits per heavy atom. The van der Waals surface area contributed by atoms with Crippen molar-refractivity contribution in [3.05, 3.63) is 41.0 Å². The number of hydrogen-bond donors (Lipinski definition) is 1. The van der Waals surface area contributed by atoms with Crippen LogP contribution in [0.15, 0.2) is 30.3 Å². The molecule has 1 heterocycles. The van der Waals surface area contributed by atoms with Gasteiger partial charge in [0.25, 0.3) is 5.91 Å². The fourth-order valence-electron chi connectivity index (χ4n) is 1.60. The number of amides is 1. The van der Waals surface area contributed by atoms with Gasteiger partial charge in [0.15, 0.2) is 5.69 Å². The maximum Gasteiger partial charge on any atom is 0.271 e. The monoisotopic (exact) mass is 249 g/mol. The molecule has 0 saturated heterocycles. The van der Waals surface area contributed by atoms with Crippen LogP contribution in [0, 0.1) is 0 Å². The third kappa shape index (κ3) is 2.31. The van der Waals surface area contributed by atoms with Crippen LogP contribution in [0.1, 0.15) is 10.5 Å². The van der Waals surface area contributed by atoms with Crippen molar-refractivity contribution in [1.29, 1.82) is 0 Å². The molecule has 0 aliphatic rings. The Morgan fingerprint density at radius 3 is 2.59 bits per heavy atom. The molecule has 5 heteroatoms. The van der Waals surface area contributed by atoms with Crippen molar-refractivity contribution in [2.45, 2.75) is 0 Å². The summed E-state index contributed by atoms with van der Waals surface area (Å²) < 4.78 is 1.67. The zero-order valence-electron chi connectivity index (χ0n) is 9.57. The summed E-state index contributed by atoms with van der Waals surface area (Å²) in [5.41, 5.74) is 2.25. The number of benzene rings is 1. The first kappa shape index (κ1) is 11.7. The molecule has 1 amide bonds. The second kappa shape index (κ2) is 4.59. The summed E-state index contributed by atoms with van der Waals surface area (Å²) in [6, 6.07) is 9.16. The molecular formula is C12H12ClN3O. The molecule has 0 bridgehead atoms. The van der Waals surface area contributed by atoms with E-state index in [0.717, 1.165) is 11.3 Å². The van der Waals surface area contributed by atoms with Crippen LogP contribution in [-0.4, -0.2) is 22.7 Å².